The Hall–Kier alpha value is -1.31. The molecule has 7 heteroatoms. The van der Waals surface area contributed by atoms with Crippen LogP contribution in [0.5, 0.6) is 0 Å². The molecule has 2 aliphatic rings. The summed E-state index contributed by atoms with van der Waals surface area (Å²) in [6.07, 6.45) is 4.22. The lowest BCUT2D eigenvalue weighted by Crippen LogP contribution is -2.46. The fourth-order valence-electron chi connectivity index (χ4n) is 4.25. The summed E-state index contributed by atoms with van der Waals surface area (Å²) in [4.78, 5) is 2.41. The molecule has 1 aromatic rings. The number of nitrogens with one attached hydrogen (secondary N) is 2. The van der Waals surface area contributed by atoms with Crippen LogP contribution in [-0.4, -0.2) is 51.6 Å². The van der Waals surface area contributed by atoms with Crippen molar-refractivity contribution in [2.75, 3.05) is 36.5 Å². The monoisotopic (exact) mass is 451 g/mol. The molecule has 0 radical (unpaired) electrons. The first kappa shape index (κ1) is 24.3. The van der Waals surface area contributed by atoms with Gasteiger partial charge in [-0.05, 0) is 82.6 Å². The Morgan fingerprint density at radius 2 is 1.74 bits per heavy atom. The Labute approximate surface area is 189 Å². The zero-order valence-corrected chi connectivity index (χ0v) is 20.7. The molecule has 1 aliphatic heterocycles. The number of rotatable bonds is 7. The fourth-order valence-corrected chi connectivity index (χ4v) is 5.27. The zero-order valence-electron chi connectivity index (χ0n) is 19.9. The molecule has 0 aromatic heterocycles. The SMILES string of the molecule is CC(C)C1CN(c2ccc(NC[C@H]3CC[C@H](NS(=O)(=O)C(C)(C)C)CC3)cc2)CCO1. The van der Waals surface area contributed by atoms with Gasteiger partial charge in [0.05, 0.1) is 17.5 Å². The minimum Gasteiger partial charge on any atom is -0.385 e. The normalized spacial score (nSPS) is 25.6. The van der Waals surface area contributed by atoms with Gasteiger partial charge in [0.1, 0.15) is 0 Å². The lowest BCUT2D eigenvalue weighted by Gasteiger charge is -2.36. The summed E-state index contributed by atoms with van der Waals surface area (Å²) in [5.41, 5.74) is 2.40. The number of anilines is 2. The van der Waals surface area contributed by atoms with Crippen LogP contribution in [0.25, 0.3) is 0 Å². The van der Waals surface area contributed by atoms with E-state index in [0.29, 0.717) is 17.9 Å². The largest absolute Gasteiger partial charge is 0.385 e. The van der Waals surface area contributed by atoms with E-state index in [0.717, 1.165) is 57.6 Å². The molecular formula is C24H41N3O3S. The van der Waals surface area contributed by atoms with Gasteiger partial charge in [-0.25, -0.2) is 13.1 Å². The molecule has 2 fully saturated rings. The highest BCUT2D eigenvalue weighted by Gasteiger charge is 2.32. The van der Waals surface area contributed by atoms with Crippen LogP contribution in [0.2, 0.25) is 0 Å². The number of morpholine rings is 1. The summed E-state index contributed by atoms with van der Waals surface area (Å²) in [6.45, 7) is 13.3. The van der Waals surface area contributed by atoms with E-state index in [1.165, 1.54) is 5.69 Å². The first-order valence-electron chi connectivity index (χ1n) is 11.8. The first-order chi connectivity index (χ1) is 14.5. The number of benzene rings is 1. The Morgan fingerprint density at radius 1 is 1.10 bits per heavy atom. The van der Waals surface area contributed by atoms with Crippen molar-refractivity contribution in [3.63, 3.8) is 0 Å². The van der Waals surface area contributed by atoms with Crippen LogP contribution in [0.1, 0.15) is 60.3 Å². The van der Waals surface area contributed by atoms with Crippen LogP contribution >= 0.6 is 0 Å². The van der Waals surface area contributed by atoms with E-state index in [4.69, 9.17) is 4.74 Å². The molecular weight excluding hydrogens is 410 g/mol. The topological polar surface area (TPSA) is 70.7 Å². The third-order valence-corrected chi connectivity index (χ3v) is 8.90. The van der Waals surface area contributed by atoms with Crippen molar-refractivity contribution in [3.8, 4) is 0 Å². The van der Waals surface area contributed by atoms with Gasteiger partial charge >= 0.3 is 0 Å². The summed E-state index contributed by atoms with van der Waals surface area (Å²) in [6, 6.07) is 8.80. The van der Waals surface area contributed by atoms with E-state index in [1.54, 1.807) is 20.8 Å². The molecule has 1 saturated carbocycles. The van der Waals surface area contributed by atoms with Gasteiger partial charge < -0.3 is 15.0 Å². The van der Waals surface area contributed by atoms with Gasteiger partial charge in [-0.3, -0.25) is 0 Å². The molecule has 6 nitrogen and oxygen atoms in total. The van der Waals surface area contributed by atoms with Gasteiger partial charge in [-0.15, -0.1) is 0 Å². The van der Waals surface area contributed by atoms with Gasteiger partial charge in [0.25, 0.3) is 0 Å². The lowest BCUT2D eigenvalue weighted by atomic mass is 9.86. The number of nitrogens with zero attached hydrogens (tertiary/aromatic N) is 1. The standard InChI is InChI=1S/C24H41N3O3S/c1-18(2)23-17-27(14-15-30-23)22-12-10-20(11-13-22)25-16-19-6-8-21(9-7-19)26-31(28,29)24(3,4)5/h10-13,18-19,21,23,25-26H,6-9,14-17H2,1-5H3/t19-,21-,23?. The van der Waals surface area contributed by atoms with E-state index in [2.05, 4.69) is 53.1 Å². The highest BCUT2D eigenvalue weighted by molar-refractivity contribution is 7.90. The molecule has 0 amide bonds. The Bertz CT molecular complexity index is 794. The molecule has 1 unspecified atom stereocenters. The first-order valence-corrected chi connectivity index (χ1v) is 13.3. The van der Waals surface area contributed by atoms with Crippen molar-refractivity contribution in [2.45, 2.75) is 77.2 Å². The quantitative estimate of drug-likeness (QED) is 0.649. The number of ether oxygens (including phenoxy) is 1. The molecule has 31 heavy (non-hydrogen) atoms. The smallest absolute Gasteiger partial charge is 0.216 e. The average Bonchev–Trinajstić information content (AvgIpc) is 2.73. The molecule has 1 saturated heterocycles. The predicted molar refractivity (Wildman–Crippen MR) is 129 cm³/mol. The molecule has 3 rings (SSSR count). The van der Waals surface area contributed by atoms with Crippen molar-refractivity contribution in [2.24, 2.45) is 11.8 Å². The van der Waals surface area contributed by atoms with E-state index in [-0.39, 0.29) is 6.04 Å². The second kappa shape index (κ2) is 10.1. The summed E-state index contributed by atoms with van der Waals surface area (Å²) < 4.78 is 32.8. The zero-order chi connectivity index (χ0) is 22.6. The molecule has 0 spiro atoms. The van der Waals surface area contributed by atoms with Crippen LogP contribution in [0.3, 0.4) is 0 Å². The molecule has 0 bridgehead atoms. The third kappa shape index (κ3) is 6.59. The van der Waals surface area contributed by atoms with E-state index < -0.39 is 14.8 Å². The van der Waals surface area contributed by atoms with Crippen LogP contribution in [0.4, 0.5) is 11.4 Å². The predicted octanol–water partition coefficient (Wildman–Crippen LogP) is 4.24. The van der Waals surface area contributed by atoms with Gasteiger partial charge in [0, 0.05) is 37.1 Å². The highest BCUT2D eigenvalue weighted by Crippen LogP contribution is 2.27. The van der Waals surface area contributed by atoms with Gasteiger partial charge in [0.15, 0.2) is 0 Å². The van der Waals surface area contributed by atoms with Crippen molar-refractivity contribution < 1.29 is 13.2 Å². The third-order valence-electron chi connectivity index (χ3n) is 6.64. The summed E-state index contributed by atoms with van der Waals surface area (Å²) in [7, 11) is -3.27. The number of sulfonamides is 1. The molecule has 1 aliphatic carbocycles. The molecule has 176 valence electrons. The van der Waals surface area contributed by atoms with Crippen molar-refractivity contribution >= 4 is 21.4 Å². The molecule has 1 atom stereocenters. The second-order valence-electron chi connectivity index (χ2n) is 10.5. The van der Waals surface area contributed by atoms with E-state index >= 15 is 0 Å². The van der Waals surface area contributed by atoms with Crippen molar-refractivity contribution in [1.82, 2.24) is 4.72 Å². The highest BCUT2D eigenvalue weighted by atomic mass is 32.2. The van der Waals surface area contributed by atoms with Crippen LogP contribution < -0.4 is 14.9 Å². The second-order valence-corrected chi connectivity index (χ2v) is 12.9. The summed E-state index contributed by atoms with van der Waals surface area (Å²) in [5, 5.41) is 3.58. The minimum absolute atomic E-state index is 0.0722. The van der Waals surface area contributed by atoms with Crippen molar-refractivity contribution in [3.05, 3.63) is 24.3 Å². The maximum Gasteiger partial charge on any atom is 0.216 e. The molecule has 1 heterocycles. The maximum absolute atomic E-state index is 12.4. The van der Waals surface area contributed by atoms with Gasteiger partial charge in [0.2, 0.25) is 10.0 Å². The van der Waals surface area contributed by atoms with Crippen molar-refractivity contribution in [1.29, 1.82) is 0 Å². The lowest BCUT2D eigenvalue weighted by molar-refractivity contribution is 0.0114. The summed E-state index contributed by atoms with van der Waals surface area (Å²) in [5.74, 6) is 1.11. The average molecular weight is 452 g/mol. The maximum atomic E-state index is 12.4. The van der Waals surface area contributed by atoms with E-state index in [9.17, 15) is 8.42 Å². The Morgan fingerprint density at radius 3 is 2.32 bits per heavy atom. The number of hydrogen-bond acceptors (Lipinski definition) is 5. The molecule has 2 N–H and O–H groups in total. The van der Waals surface area contributed by atoms with Gasteiger partial charge in [-0.2, -0.15) is 0 Å². The summed E-state index contributed by atoms with van der Waals surface area (Å²) >= 11 is 0. The minimum atomic E-state index is -3.27. The van der Waals surface area contributed by atoms with E-state index in [1.807, 2.05) is 0 Å². The van der Waals surface area contributed by atoms with Crippen LogP contribution in [0.15, 0.2) is 24.3 Å². The molecule has 1 aromatic carbocycles. The van der Waals surface area contributed by atoms with Gasteiger partial charge in [-0.1, -0.05) is 13.8 Å². The van der Waals surface area contributed by atoms with Crippen LogP contribution in [-0.2, 0) is 14.8 Å². The van der Waals surface area contributed by atoms with Crippen LogP contribution in [0, 0.1) is 11.8 Å². The fraction of sp³-hybridized carbons (Fsp3) is 0.750. The Kier molecular flexibility index (Phi) is 7.92. The Balaban J connectivity index is 1.43. The number of hydrogen-bond donors (Lipinski definition) is 2.